The Morgan fingerprint density at radius 1 is 1.04 bits per heavy atom. The number of anilines is 1. The predicted molar refractivity (Wildman–Crippen MR) is 109 cm³/mol. The van der Waals surface area contributed by atoms with Crippen molar-refractivity contribution in [2.45, 2.75) is 18.1 Å². The fraction of sp³-hybridized carbons (Fsp3) is 0.455. The molecule has 0 aliphatic carbocycles. The van der Waals surface area contributed by atoms with Crippen molar-refractivity contribution in [3.63, 3.8) is 0 Å². The summed E-state index contributed by atoms with van der Waals surface area (Å²) in [4.78, 5) is 11.4. The summed E-state index contributed by atoms with van der Waals surface area (Å²) in [5.74, 6) is 0.813. The molecule has 0 unspecified atom stereocenters. The summed E-state index contributed by atoms with van der Waals surface area (Å²) in [6.07, 6.45) is 0.631. The quantitative estimate of drug-likeness (QED) is 0.878. The molecule has 2 fully saturated rings. The van der Waals surface area contributed by atoms with E-state index in [1.807, 2.05) is 42.5 Å². The smallest absolute Gasteiger partial charge is 0.142 e. The number of aromatic nitrogens is 1. The van der Waals surface area contributed by atoms with E-state index >= 15 is 0 Å². The normalized spacial score (nSPS) is 26.8. The zero-order valence-corrected chi connectivity index (χ0v) is 16.3. The van der Waals surface area contributed by atoms with Crippen LogP contribution in [0, 0.1) is 11.3 Å². The minimum absolute atomic E-state index is 0.0232. The molecule has 6 nitrogen and oxygen atoms in total. The summed E-state index contributed by atoms with van der Waals surface area (Å²) in [6.45, 7) is 5.28. The molecule has 146 valence electrons. The highest BCUT2D eigenvalue weighted by Gasteiger charge is 2.46. The van der Waals surface area contributed by atoms with Gasteiger partial charge in [-0.25, -0.2) is 4.98 Å². The first-order valence-electron chi connectivity index (χ1n) is 9.93. The van der Waals surface area contributed by atoms with Crippen LogP contribution >= 0.6 is 0 Å². The molecular formula is C22H27N5O. The number of pyridine rings is 1. The third kappa shape index (κ3) is 3.61. The number of hydrogen-bond donors (Lipinski definition) is 1. The third-order valence-electron chi connectivity index (χ3n) is 6.13. The maximum atomic E-state index is 11.8. The fourth-order valence-corrected chi connectivity index (χ4v) is 4.41. The van der Waals surface area contributed by atoms with Gasteiger partial charge < -0.3 is 14.9 Å². The van der Waals surface area contributed by atoms with Crippen molar-refractivity contribution >= 4 is 5.82 Å². The van der Waals surface area contributed by atoms with Gasteiger partial charge in [-0.3, -0.25) is 4.90 Å². The number of nitrogens with zero attached hydrogens (tertiary/aromatic N) is 5. The number of piperazine rings is 1. The van der Waals surface area contributed by atoms with E-state index in [-0.39, 0.29) is 6.04 Å². The molecule has 2 saturated heterocycles. The van der Waals surface area contributed by atoms with Crippen LogP contribution in [-0.2, 0) is 5.60 Å². The second kappa shape index (κ2) is 7.88. The molecule has 0 bridgehead atoms. The van der Waals surface area contributed by atoms with E-state index in [9.17, 15) is 10.4 Å². The van der Waals surface area contributed by atoms with Crippen LogP contribution in [0.15, 0.2) is 48.5 Å². The second-order valence-corrected chi connectivity index (χ2v) is 7.83. The summed E-state index contributed by atoms with van der Waals surface area (Å²) in [5.41, 5.74) is 0.524. The minimum atomic E-state index is -0.888. The van der Waals surface area contributed by atoms with E-state index in [2.05, 4.69) is 32.8 Å². The molecule has 1 aromatic carbocycles. The zero-order chi connectivity index (χ0) is 19.6. The van der Waals surface area contributed by atoms with E-state index in [0.29, 0.717) is 25.2 Å². The monoisotopic (exact) mass is 377 g/mol. The lowest BCUT2D eigenvalue weighted by Gasteiger charge is -2.51. The molecule has 2 aliphatic heterocycles. The third-order valence-corrected chi connectivity index (χ3v) is 6.13. The van der Waals surface area contributed by atoms with Crippen molar-refractivity contribution < 1.29 is 5.11 Å². The Balaban J connectivity index is 1.65. The Labute approximate surface area is 166 Å². The van der Waals surface area contributed by atoms with E-state index in [1.54, 1.807) is 6.07 Å². The highest BCUT2D eigenvalue weighted by atomic mass is 16.3. The fourth-order valence-electron chi connectivity index (χ4n) is 4.41. The number of nitriles is 1. The first-order valence-corrected chi connectivity index (χ1v) is 9.93. The van der Waals surface area contributed by atoms with Gasteiger partial charge in [0.25, 0.3) is 0 Å². The molecule has 2 aliphatic rings. The molecule has 0 saturated carbocycles. The summed E-state index contributed by atoms with van der Waals surface area (Å²) in [5, 5.41) is 21.0. The average molecular weight is 377 g/mol. The average Bonchev–Trinajstić information content (AvgIpc) is 2.75. The molecule has 3 heterocycles. The molecule has 4 rings (SSSR count). The molecule has 0 radical (unpaired) electrons. The lowest BCUT2D eigenvalue weighted by Crippen LogP contribution is -2.64. The van der Waals surface area contributed by atoms with Gasteiger partial charge in [-0.05, 0) is 31.2 Å². The molecule has 0 amide bonds. The van der Waals surface area contributed by atoms with Gasteiger partial charge in [-0.2, -0.15) is 5.26 Å². The molecule has 2 atom stereocenters. The van der Waals surface area contributed by atoms with Crippen LogP contribution in [0.25, 0.3) is 0 Å². The van der Waals surface area contributed by atoms with E-state index in [1.165, 1.54) is 0 Å². The molecule has 0 spiro atoms. The molecule has 2 aromatic rings. The summed E-state index contributed by atoms with van der Waals surface area (Å²) < 4.78 is 0. The topological polar surface area (TPSA) is 66.6 Å². The van der Waals surface area contributed by atoms with Gasteiger partial charge in [0.2, 0.25) is 0 Å². The van der Waals surface area contributed by atoms with Crippen LogP contribution in [0.3, 0.4) is 0 Å². The van der Waals surface area contributed by atoms with E-state index in [4.69, 9.17) is 0 Å². The Hall–Kier alpha value is -2.46. The number of rotatable bonds is 3. The van der Waals surface area contributed by atoms with Crippen LogP contribution in [0.2, 0.25) is 0 Å². The Bertz CT molecular complexity index is 844. The Morgan fingerprint density at radius 2 is 1.79 bits per heavy atom. The summed E-state index contributed by atoms with van der Waals surface area (Å²) in [7, 11) is 2.14. The van der Waals surface area contributed by atoms with Crippen molar-refractivity contribution in [2.24, 2.45) is 0 Å². The van der Waals surface area contributed by atoms with Crippen LogP contribution < -0.4 is 4.90 Å². The number of aliphatic hydroxyl groups is 1. The van der Waals surface area contributed by atoms with Crippen molar-refractivity contribution in [1.29, 1.82) is 5.26 Å². The summed E-state index contributed by atoms with van der Waals surface area (Å²) in [6, 6.07) is 17.7. The summed E-state index contributed by atoms with van der Waals surface area (Å²) >= 11 is 0. The number of piperidine rings is 1. The maximum Gasteiger partial charge on any atom is 0.142 e. The minimum Gasteiger partial charge on any atom is -0.383 e. The largest absolute Gasteiger partial charge is 0.383 e. The van der Waals surface area contributed by atoms with Gasteiger partial charge in [0.15, 0.2) is 0 Å². The van der Waals surface area contributed by atoms with Crippen molar-refractivity contribution in [3.05, 3.63) is 59.8 Å². The van der Waals surface area contributed by atoms with Crippen molar-refractivity contribution in [2.75, 3.05) is 51.2 Å². The van der Waals surface area contributed by atoms with Crippen molar-refractivity contribution in [3.8, 4) is 6.07 Å². The van der Waals surface area contributed by atoms with Crippen LogP contribution in [0.4, 0.5) is 5.82 Å². The lowest BCUT2D eigenvalue weighted by atomic mass is 9.79. The van der Waals surface area contributed by atoms with Gasteiger partial charge in [-0.1, -0.05) is 36.4 Å². The molecule has 28 heavy (non-hydrogen) atoms. The van der Waals surface area contributed by atoms with E-state index in [0.717, 1.165) is 37.6 Å². The lowest BCUT2D eigenvalue weighted by molar-refractivity contribution is -0.0757. The van der Waals surface area contributed by atoms with Gasteiger partial charge in [-0.15, -0.1) is 0 Å². The van der Waals surface area contributed by atoms with Gasteiger partial charge >= 0.3 is 0 Å². The molecular weight excluding hydrogens is 350 g/mol. The first-order chi connectivity index (χ1) is 13.6. The predicted octanol–water partition coefficient (Wildman–Crippen LogP) is 1.67. The molecule has 6 heteroatoms. The maximum absolute atomic E-state index is 11.8. The van der Waals surface area contributed by atoms with Crippen molar-refractivity contribution in [1.82, 2.24) is 14.8 Å². The number of likely N-dealkylation sites (N-methyl/N-ethyl adjacent to an activating group) is 1. The number of benzene rings is 1. The first kappa shape index (κ1) is 18.9. The zero-order valence-electron chi connectivity index (χ0n) is 16.3. The van der Waals surface area contributed by atoms with Gasteiger partial charge in [0, 0.05) is 39.3 Å². The van der Waals surface area contributed by atoms with Gasteiger partial charge in [0.1, 0.15) is 23.2 Å². The SMILES string of the molecule is CN1CCN([C@@H]2CN(c3cccc(C#N)n3)CC[C@]2(O)c2ccccc2)CC1. The molecule has 1 aromatic heterocycles. The van der Waals surface area contributed by atoms with Crippen LogP contribution in [0.1, 0.15) is 17.7 Å². The van der Waals surface area contributed by atoms with E-state index < -0.39 is 5.60 Å². The Kier molecular flexibility index (Phi) is 5.31. The highest BCUT2D eigenvalue weighted by Crippen LogP contribution is 2.37. The highest BCUT2D eigenvalue weighted by molar-refractivity contribution is 5.44. The molecule has 1 N–H and O–H groups in total. The second-order valence-electron chi connectivity index (χ2n) is 7.83. The van der Waals surface area contributed by atoms with Crippen LogP contribution in [0.5, 0.6) is 0 Å². The van der Waals surface area contributed by atoms with Crippen LogP contribution in [-0.4, -0.2) is 72.2 Å². The van der Waals surface area contributed by atoms with Gasteiger partial charge in [0.05, 0.1) is 6.04 Å². The standard InChI is InChI=1S/C22H27N5O/c1-25-12-14-26(15-13-25)20-17-27(21-9-5-8-19(16-23)24-21)11-10-22(20,28)18-6-3-2-4-7-18/h2-9,20,28H,10-15,17H2,1H3/t20-,22+/m1/s1. The Morgan fingerprint density at radius 3 is 2.50 bits per heavy atom. The number of hydrogen-bond acceptors (Lipinski definition) is 6.